The maximum absolute atomic E-state index is 12.7. The van der Waals surface area contributed by atoms with Gasteiger partial charge in [0.15, 0.2) is 5.78 Å². The van der Waals surface area contributed by atoms with Gasteiger partial charge in [-0.15, -0.1) is 0 Å². The Bertz CT molecular complexity index is 878. The van der Waals surface area contributed by atoms with Crippen LogP contribution in [0.15, 0.2) is 46.9 Å². The van der Waals surface area contributed by atoms with Crippen LogP contribution in [-0.2, 0) is 0 Å². The Morgan fingerprint density at radius 3 is 2.54 bits per heavy atom. The number of carbonyl (C=O) groups excluding carboxylic acids is 2. The molecule has 2 aromatic rings. The first-order valence-electron chi connectivity index (χ1n) is 8.27. The number of aliphatic hydroxyl groups is 1. The van der Waals surface area contributed by atoms with E-state index in [-0.39, 0.29) is 11.7 Å². The van der Waals surface area contributed by atoms with Gasteiger partial charge in [-0.25, -0.2) is 0 Å². The van der Waals surface area contributed by atoms with E-state index < -0.39 is 17.7 Å². The van der Waals surface area contributed by atoms with Crippen LogP contribution < -0.4 is 10.1 Å². The minimum atomic E-state index is -0.978. The lowest BCUT2D eigenvalue weighted by Gasteiger charge is -2.42. The number of carbonyl (C=O) groups is 2. The number of benzene rings is 2. The summed E-state index contributed by atoms with van der Waals surface area (Å²) in [7, 11) is 0. The van der Waals surface area contributed by atoms with Crippen LogP contribution in [0.3, 0.4) is 0 Å². The number of hydrogen-bond acceptors (Lipinski definition) is 4. The second-order valence-electron chi connectivity index (χ2n) is 6.92. The van der Waals surface area contributed by atoms with Gasteiger partial charge in [0, 0.05) is 21.2 Å². The topological polar surface area (TPSA) is 75.6 Å². The lowest BCUT2D eigenvalue weighted by molar-refractivity contribution is -0.0627. The van der Waals surface area contributed by atoms with E-state index in [1.165, 1.54) is 6.92 Å². The summed E-state index contributed by atoms with van der Waals surface area (Å²) in [6, 6.07) is 11.4. The van der Waals surface area contributed by atoms with Crippen LogP contribution in [0.25, 0.3) is 0 Å². The molecule has 136 valence electrons. The molecule has 0 unspecified atom stereocenters. The molecule has 26 heavy (non-hydrogen) atoms. The lowest BCUT2D eigenvalue weighted by Crippen LogP contribution is -2.53. The van der Waals surface area contributed by atoms with Gasteiger partial charge in [-0.2, -0.15) is 0 Å². The minimum absolute atomic E-state index is 0.0933. The van der Waals surface area contributed by atoms with E-state index in [1.54, 1.807) is 50.2 Å². The van der Waals surface area contributed by atoms with Gasteiger partial charge in [0.2, 0.25) is 0 Å². The quantitative estimate of drug-likeness (QED) is 0.747. The third-order valence-electron chi connectivity index (χ3n) is 4.53. The van der Waals surface area contributed by atoms with E-state index in [0.29, 0.717) is 22.4 Å². The average molecular weight is 418 g/mol. The largest absolute Gasteiger partial charge is 0.485 e. The monoisotopic (exact) mass is 417 g/mol. The molecule has 0 saturated heterocycles. The third kappa shape index (κ3) is 3.52. The zero-order chi connectivity index (χ0) is 19.1. The molecule has 6 heteroatoms. The van der Waals surface area contributed by atoms with Gasteiger partial charge in [-0.1, -0.05) is 22.0 Å². The molecule has 0 bridgehead atoms. The van der Waals surface area contributed by atoms with E-state index in [4.69, 9.17) is 4.74 Å². The fourth-order valence-electron chi connectivity index (χ4n) is 3.03. The molecule has 5 nitrogen and oxygen atoms in total. The van der Waals surface area contributed by atoms with Crippen LogP contribution >= 0.6 is 15.9 Å². The standard InChI is InChI=1S/C20H20BrNO4/c1-11(23)12-7-8-16-15(10-12)17(18(24)20(2,3)26-16)22-19(25)13-5-4-6-14(21)9-13/h4-10,17-18,24H,1-3H3,(H,22,25)/t17-,18+/m1/s1. The molecule has 0 aliphatic carbocycles. The van der Waals surface area contributed by atoms with Crippen molar-refractivity contribution in [1.82, 2.24) is 5.32 Å². The highest BCUT2D eigenvalue weighted by atomic mass is 79.9. The van der Waals surface area contributed by atoms with Crippen LogP contribution in [-0.4, -0.2) is 28.5 Å². The van der Waals surface area contributed by atoms with E-state index >= 15 is 0 Å². The number of fused-ring (bicyclic) bond motifs is 1. The van der Waals surface area contributed by atoms with Crippen molar-refractivity contribution in [2.45, 2.75) is 38.5 Å². The zero-order valence-corrected chi connectivity index (χ0v) is 16.3. The summed E-state index contributed by atoms with van der Waals surface area (Å²) in [6.45, 7) is 5.00. The predicted octanol–water partition coefficient (Wildman–Crippen LogP) is 3.65. The maximum atomic E-state index is 12.7. The van der Waals surface area contributed by atoms with Crippen molar-refractivity contribution in [2.24, 2.45) is 0 Å². The average Bonchev–Trinajstić information content (AvgIpc) is 2.58. The summed E-state index contributed by atoms with van der Waals surface area (Å²) in [5.74, 6) is 0.140. The lowest BCUT2D eigenvalue weighted by atomic mass is 9.85. The van der Waals surface area contributed by atoms with Crippen molar-refractivity contribution in [1.29, 1.82) is 0 Å². The number of rotatable bonds is 3. The van der Waals surface area contributed by atoms with Crippen LogP contribution in [0.1, 0.15) is 53.1 Å². The van der Waals surface area contributed by atoms with Crippen LogP contribution in [0.2, 0.25) is 0 Å². The van der Waals surface area contributed by atoms with Gasteiger partial charge in [-0.3, -0.25) is 9.59 Å². The number of hydrogen-bond donors (Lipinski definition) is 2. The van der Waals surface area contributed by atoms with Crippen LogP contribution in [0.4, 0.5) is 0 Å². The van der Waals surface area contributed by atoms with Crippen molar-refractivity contribution in [3.8, 4) is 5.75 Å². The number of ether oxygens (including phenoxy) is 1. The first kappa shape index (κ1) is 18.6. The molecule has 0 saturated carbocycles. The number of aliphatic hydroxyl groups excluding tert-OH is 1. The van der Waals surface area contributed by atoms with E-state index in [0.717, 1.165) is 4.47 Å². The number of Topliss-reactive ketones (excluding diaryl/α,β-unsaturated/α-hetero) is 1. The molecule has 1 aliphatic rings. The molecule has 1 amide bonds. The molecule has 0 aromatic heterocycles. The Labute approximate surface area is 160 Å². The van der Waals surface area contributed by atoms with Gasteiger partial charge in [-0.05, 0) is 57.2 Å². The SMILES string of the molecule is CC(=O)c1ccc2c(c1)[C@@H](NC(=O)c1cccc(Br)c1)[C@H](O)C(C)(C)O2. The summed E-state index contributed by atoms with van der Waals surface area (Å²) in [4.78, 5) is 24.4. The van der Waals surface area contributed by atoms with Gasteiger partial charge in [0.25, 0.3) is 5.91 Å². The predicted molar refractivity (Wildman–Crippen MR) is 102 cm³/mol. The van der Waals surface area contributed by atoms with Crippen molar-refractivity contribution in [2.75, 3.05) is 0 Å². The normalized spacial score (nSPS) is 20.7. The number of nitrogens with one attached hydrogen (secondary N) is 1. The first-order valence-corrected chi connectivity index (χ1v) is 9.07. The number of ketones is 1. The van der Waals surface area contributed by atoms with Gasteiger partial charge in [0.05, 0.1) is 6.04 Å². The minimum Gasteiger partial charge on any atom is -0.485 e. The van der Waals surface area contributed by atoms with Gasteiger partial charge >= 0.3 is 0 Å². The Kier molecular flexibility index (Phi) is 4.90. The molecule has 2 atom stereocenters. The first-order chi connectivity index (χ1) is 12.2. The Balaban J connectivity index is 2.00. The van der Waals surface area contributed by atoms with Crippen molar-refractivity contribution in [3.05, 3.63) is 63.6 Å². The Morgan fingerprint density at radius 1 is 1.15 bits per heavy atom. The van der Waals surface area contributed by atoms with Crippen molar-refractivity contribution >= 4 is 27.6 Å². The van der Waals surface area contributed by atoms with E-state index in [2.05, 4.69) is 21.2 Å². The molecule has 0 fully saturated rings. The number of halogens is 1. The Morgan fingerprint density at radius 2 is 1.88 bits per heavy atom. The van der Waals surface area contributed by atoms with Gasteiger partial charge < -0.3 is 15.2 Å². The molecule has 3 rings (SSSR count). The fraction of sp³-hybridized carbons (Fsp3) is 0.300. The molecular weight excluding hydrogens is 398 g/mol. The highest BCUT2D eigenvalue weighted by Crippen LogP contribution is 2.40. The molecular formula is C20H20BrNO4. The van der Waals surface area contributed by atoms with Crippen LogP contribution in [0, 0.1) is 0 Å². The third-order valence-corrected chi connectivity index (χ3v) is 5.02. The summed E-state index contributed by atoms with van der Waals surface area (Å²) >= 11 is 3.35. The van der Waals surface area contributed by atoms with E-state index in [9.17, 15) is 14.7 Å². The Hall–Kier alpha value is -2.18. The second kappa shape index (κ2) is 6.85. The highest BCUT2D eigenvalue weighted by Gasteiger charge is 2.43. The molecule has 1 heterocycles. The van der Waals surface area contributed by atoms with Gasteiger partial charge in [0.1, 0.15) is 17.5 Å². The fourth-order valence-corrected chi connectivity index (χ4v) is 3.43. The van der Waals surface area contributed by atoms with Crippen LogP contribution in [0.5, 0.6) is 5.75 Å². The molecule has 0 spiro atoms. The van der Waals surface area contributed by atoms with E-state index in [1.807, 2.05) is 6.07 Å². The number of amides is 1. The molecule has 0 radical (unpaired) electrons. The summed E-state index contributed by atoms with van der Waals surface area (Å²) in [5, 5.41) is 13.7. The zero-order valence-electron chi connectivity index (χ0n) is 14.7. The second-order valence-corrected chi connectivity index (χ2v) is 7.84. The molecule has 2 N–H and O–H groups in total. The highest BCUT2D eigenvalue weighted by molar-refractivity contribution is 9.10. The van der Waals surface area contributed by atoms with Crippen molar-refractivity contribution < 1.29 is 19.4 Å². The smallest absolute Gasteiger partial charge is 0.251 e. The molecule has 2 aromatic carbocycles. The summed E-state index contributed by atoms with van der Waals surface area (Å²) in [6.07, 6.45) is -0.978. The summed E-state index contributed by atoms with van der Waals surface area (Å²) in [5.41, 5.74) is 0.675. The summed E-state index contributed by atoms with van der Waals surface area (Å²) < 4.78 is 6.67. The maximum Gasteiger partial charge on any atom is 0.251 e. The molecule has 1 aliphatic heterocycles. The van der Waals surface area contributed by atoms with Crippen molar-refractivity contribution in [3.63, 3.8) is 0 Å².